The average molecular weight is 293 g/mol. The number of halogens is 1. The SMILES string of the molecule is COCCNc1cc(NCc2ccc(Cl)cc2)ncn1. The maximum atomic E-state index is 5.85. The second-order valence-electron chi connectivity index (χ2n) is 4.19. The highest BCUT2D eigenvalue weighted by molar-refractivity contribution is 6.30. The van der Waals surface area contributed by atoms with Crippen LogP contribution in [0, 0.1) is 0 Å². The predicted molar refractivity (Wildman–Crippen MR) is 81.2 cm³/mol. The smallest absolute Gasteiger partial charge is 0.131 e. The van der Waals surface area contributed by atoms with Gasteiger partial charge in [0, 0.05) is 31.3 Å². The molecule has 0 fully saturated rings. The molecule has 0 saturated heterocycles. The Balaban J connectivity index is 1.89. The highest BCUT2D eigenvalue weighted by atomic mass is 35.5. The first-order valence-electron chi connectivity index (χ1n) is 6.31. The average Bonchev–Trinajstić information content (AvgIpc) is 2.47. The molecule has 1 heterocycles. The molecule has 2 rings (SSSR count). The molecule has 0 saturated carbocycles. The van der Waals surface area contributed by atoms with Crippen LogP contribution < -0.4 is 10.6 Å². The second kappa shape index (κ2) is 7.67. The topological polar surface area (TPSA) is 59.1 Å². The molecule has 0 aliphatic rings. The van der Waals surface area contributed by atoms with Crippen molar-refractivity contribution < 1.29 is 4.74 Å². The fourth-order valence-electron chi connectivity index (χ4n) is 1.63. The Morgan fingerprint density at radius 3 is 2.50 bits per heavy atom. The lowest BCUT2D eigenvalue weighted by molar-refractivity contribution is 0.210. The van der Waals surface area contributed by atoms with Crippen molar-refractivity contribution >= 4 is 23.2 Å². The van der Waals surface area contributed by atoms with Crippen molar-refractivity contribution in [2.75, 3.05) is 30.9 Å². The minimum Gasteiger partial charge on any atom is -0.383 e. The largest absolute Gasteiger partial charge is 0.383 e. The van der Waals surface area contributed by atoms with Gasteiger partial charge in [0.2, 0.25) is 0 Å². The maximum Gasteiger partial charge on any atom is 0.131 e. The summed E-state index contributed by atoms with van der Waals surface area (Å²) in [4.78, 5) is 8.32. The van der Waals surface area contributed by atoms with Gasteiger partial charge in [-0.25, -0.2) is 9.97 Å². The Bertz CT molecular complexity index is 533. The number of rotatable bonds is 7. The van der Waals surface area contributed by atoms with Gasteiger partial charge >= 0.3 is 0 Å². The molecule has 0 aliphatic heterocycles. The van der Waals surface area contributed by atoms with Gasteiger partial charge < -0.3 is 15.4 Å². The third-order valence-corrected chi connectivity index (χ3v) is 2.92. The summed E-state index contributed by atoms with van der Waals surface area (Å²) in [6.07, 6.45) is 1.53. The summed E-state index contributed by atoms with van der Waals surface area (Å²) in [5.74, 6) is 1.55. The van der Waals surface area contributed by atoms with E-state index in [4.69, 9.17) is 16.3 Å². The number of ether oxygens (including phenoxy) is 1. The minimum absolute atomic E-state index is 0.636. The van der Waals surface area contributed by atoms with Crippen molar-refractivity contribution in [3.8, 4) is 0 Å². The number of hydrogen-bond acceptors (Lipinski definition) is 5. The van der Waals surface area contributed by atoms with Gasteiger partial charge in [-0.3, -0.25) is 0 Å². The van der Waals surface area contributed by atoms with E-state index in [1.54, 1.807) is 7.11 Å². The van der Waals surface area contributed by atoms with Gasteiger partial charge in [-0.2, -0.15) is 0 Å². The van der Waals surface area contributed by atoms with Crippen molar-refractivity contribution in [1.29, 1.82) is 0 Å². The van der Waals surface area contributed by atoms with E-state index in [9.17, 15) is 0 Å². The molecule has 1 aromatic heterocycles. The molecule has 2 N–H and O–H groups in total. The van der Waals surface area contributed by atoms with E-state index in [2.05, 4.69) is 20.6 Å². The molecule has 0 radical (unpaired) electrons. The molecule has 20 heavy (non-hydrogen) atoms. The summed E-state index contributed by atoms with van der Waals surface area (Å²) < 4.78 is 4.98. The summed E-state index contributed by atoms with van der Waals surface area (Å²) in [5.41, 5.74) is 1.14. The Kier molecular flexibility index (Phi) is 5.58. The van der Waals surface area contributed by atoms with E-state index in [0.29, 0.717) is 19.7 Å². The number of benzene rings is 1. The zero-order valence-electron chi connectivity index (χ0n) is 11.3. The van der Waals surface area contributed by atoms with Crippen molar-refractivity contribution in [2.45, 2.75) is 6.54 Å². The summed E-state index contributed by atoms with van der Waals surface area (Å²) in [6.45, 7) is 2.04. The van der Waals surface area contributed by atoms with Crippen molar-refractivity contribution in [3.05, 3.63) is 47.2 Å². The first-order chi connectivity index (χ1) is 9.78. The van der Waals surface area contributed by atoms with E-state index in [1.807, 2.05) is 30.3 Å². The number of methoxy groups -OCH3 is 1. The first-order valence-corrected chi connectivity index (χ1v) is 6.69. The van der Waals surface area contributed by atoms with Crippen LogP contribution in [0.5, 0.6) is 0 Å². The third-order valence-electron chi connectivity index (χ3n) is 2.67. The molecule has 5 nitrogen and oxygen atoms in total. The van der Waals surface area contributed by atoms with Crippen LogP contribution in [0.4, 0.5) is 11.6 Å². The molecule has 106 valence electrons. The highest BCUT2D eigenvalue weighted by Gasteiger charge is 1.99. The van der Waals surface area contributed by atoms with Gasteiger partial charge in [0.05, 0.1) is 6.61 Å². The van der Waals surface area contributed by atoms with Crippen molar-refractivity contribution in [1.82, 2.24) is 9.97 Å². The summed E-state index contributed by atoms with van der Waals surface area (Å²) in [6, 6.07) is 9.57. The normalized spacial score (nSPS) is 10.3. The standard InChI is InChI=1S/C14H17ClN4O/c1-20-7-6-16-13-8-14(19-10-18-13)17-9-11-2-4-12(15)5-3-11/h2-5,8,10H,6-7,9H2,1H3,(H2,16,17,18,19). The van der Waals surface area contributed by atoms with Gasteiger partial charge in [-0.1, -0.05) is 23.7 Å². The molecular formula is C14H17ClN4O. The number of aromatic nitrogens is 2. The number of nitrogens with zero attached hydrogens (tertiary/aromatic N) is 2. The number of anilines is 2. The van der Waals surface area contributed by atoms with Crippen molar-refractivity contribution in [3.63, 3.8) is 0 Å². The molecule has 0 amide bonds. The maximum absolute atomic E-state index is 5.85. The second-order valence-corrected chi connectivity index (χ2v) is 4.62. The van der Waals surface area contributed by atoms with Crippen LogP contribution in [0.25, 0.3) is 0 Å². The molecule has 0 atom stereocenters. The zero-order valence-corrected chi connectivity index (χ0v) is 12.0. The lowest BCUT2D eigenvalue weighted by Crippen LogP contribution is -2.09. The fourth-order valence-corrected chi connectivity index (χ4v) is 1.75. The molecule has 1 aromatic carbocycles. The van der Waals surface area contributed by atoms with Crippen LogP contribution in [-0.2, 0) is 11.3 Å². The molecule has 0 aliphatic carbocycles. The van der Waals surface area contributed by atoms with E-state index in [0.717, 1.165) is 22.2 Å². The predicted octanol–water partition coefficient (Wildman–Crippen LogP) is 2.80. The van der Waals surface area contributed by atoms with E-state index in [-0.39, 0.29) is 0 Å². The molecule has 0 bridgehead atoms. The lowest BCUT2D eigenvalue weighted by Gasteiger charge is -2.08. The Hall–Kier alpha value is -1.85. The third kappa shape index (κ3) is 4.68. The highest BCUT2D eigenvalue weighted by Crippen LogP contribution is 2.12. The Morgan fingerprint density at radius 2 is 1.80 bits per heavy atom. The van der Waals surface area contributed by atoms with Crippen LogP contribution in [0.15, 0.2) is 36.7 Å². The van der Waals surface area contributed by atoms with Crippen LogP contribution >= 0.6 is 11.6 Å². The van der Waals surface area contributed by atoms with Gasteiger partial charge in [-0.05, 0) is 17.7 Å². The monoisotopic (exact) mass is 292 g/mol. The Labute approximate surface area is 123 Å². The van der Waals surface area contributed by atoms with E-state index < -0.39 is 0 Å². The van der Waals surface area contributed by atoms with Crippen molar-refractivity contribution in [2.24, 2.45) is 0 Å². The van der Waals surface area contributed by atoms with Gasteiger partial charge in [-0.15, -0.1) is 0 Å². The molecule has 2 aromatic rings. The van der Waals surface area contributed by atoms with E-state index in [1.165, 1.54) is 6.33 Å². The summed E-state index contributed by atoms with van der Waals surface area (Å²) in [7, 11) is 1.67. The van der Waals surface area contributed by atoms with E-state index >= 15 is 0 Å². The molecule has 0 unspecified atom stereocenters. The number of nitrogens with one attached hydrogen (secondary N) is 2. The fraction of sp³-hybridized carbons (Fsp3) is 0.286. The summed E-state index contributed by atoms with van der Waals surface area (Å²) >= 11 is 5.85. The molecule has 6 heteroatoms. The van der Waals surface area contributed by atoms with Crippen LogP contribution in [-0.4, -0.2) is 30.2 Å². The van der Waals surface area contributed by atoms with Crippen LogP contribution in [0.1, 0.15) is 5.56 Å². The Morgan fingerprint density at radius 1 is 1.10 bits per heavy atom. The minimum atomic E-state index is 0.636. The lowest BCUT2D eigenvalue weighted by atomic mass is 10.2. The van der Waals surface area contributed by atoms with Crippen LogP contribution in [0.2, 0.25) is 5.02 Å². The summed E-state index contributed by atoms with van der Waals surface area (Å²) in [5, 5.41) is 7.14. The first kappa shape index (κ1) is 14.6. The van der Waals surface area contributed by atoms with Crippen LogP contribution in [0.3, 0.4) is 0 Å². The zero-order chi connectivity index (χ0) is 14.2. The molecular weight excluding hydrogens is 276 g/mol. The van der Waals surface area contributed by atoms with Gasteiger partial charge in [0.1, 0.15) is 18.0 Å². The molecule has 0 spiro atoms. The quantitative estimate of drug-likeness (QED) is 0.769. The van der Waals surface area contributed by atoms with Gasteiger partial charge in [0.15, 0.2) is 0 Å². The van der Waals surface area contributed by atoms with Gasteiger partial charge in [0.25, 0.3) is 0 Å². The number of hydrogen-bond donors (Lipinski definition) is 2.